The van der Waals surface area contributed by atoms with Gasteiger partial charge in [0.05, 0.1) is 132 Å². The molecule has 13 nitrogen and oxygen atoms in total. The van der Waals surface area contributed by atoms with Crippen LogP contribution >= 0.6 is 168 Å². The third-order valence-corrected chi connectivity index (χ3v) is 26.6. The first kappa shape index (κ1) is 98.5. The average molecular weight is 2180 g/mol. The van der Waals surface area contributed by atoms with Gasteiger partial charge >= 0.3 is 0 Å². The van der Waals surface area contributed by atoms with E-state index in [1.54, 1.807) is 67.6 Å². The van der Waals surface area contributed by atoms with Crippen LogP contribution in [0.15, 0.2) is 309 Å². The number of pyridine rings is 6. The predicted octanol–water partition coefficient (Wildman–Crippen LogP) is 31.7. The fraction of sp³-hybridized carbons (Fsp3) is 0.123. The normalized spacial score (nSPS) is 12.9. The maximum Gasteiger partial charge on any atom is 0.174 e. The van der Waals surface area contributed by atoms with Crippen LogP contribution in [-0.2, 0) is 0 Å². The summed E-state index contributed by atoms with van der Waals surface area (Å²) in [6, 6.07) is 97.2. The minimum atomic E-state index is -0.579. The van der Waals surface area contributed by atoms with Gasteiger partial charge in [-0.05, 0) is 164 Å². The molecule has 12 aromatic carbocycles. The van der Waals surface area contributed by atoms with E-state index < -0.39 is 18.3 Å². The number of carbonyl (C=O) groups is 3. The fourth-order valence-corrected chi connectivity index (χ4v) is 18.2. The molecule has 1 saturated heterocycles. The van der Waals surface area contributed by atoms with Gasteiger partial charge in [-0.1, -0.05) is 363 Å². The Morgan fingerprint density at radius 2 is 0.659 bits per heavy atom. The number of benzene rings is 12. The van der Waals surface area contributed by atoms with Crippen LogP contribution < -0.4 is 5.32 Å². The first-order chi connectivity index (χ1) is 63.9. The molecule has 4 unspecified atom stereocenters. The van der Waals surface area contributed by atoms with Gasteiger partial charge in [0.1, 0.15) is 0 Å². The van der Waals surface area contributed by atoms with E-state index in [1.807, 2.05) is 249 Å². The van der Waals surface area contributed by atoms with Crippen molar-refractivity contribution in [1.82, 2.24) is 35.2 Å². The summed E-state index contributed by atoms with van der Waals surface area (Å²) in [5.41, 5.74) is 19.3. The van der Waals surface area contributed by atoms with E-state index >= 15 is 0 Å². The van der Waals surface area contributed by atoms with E-state index in [4.69, 9.17) is 114 Å². The Bertz CT molecular complexity index is 7240. The summed E-state index contributed by atoms with van der Waals surface area (Å²) in [6.45, 7) is 2.74. The topological polar surface area (TPSA) is 201 Å². The van der Waals surface area contributed by atoms with E-state index in [-0.39, 0.29) is 34.1 Å². The molecule has 1 fully saturated rings. The number of hydrogen-bond acceptors (Lipinski definition) is 13. The summed E-state index contributed by atoms with van der Waals surface area (Å²) in [7, 11) is 0. The number of piperidine rings is 1. The minimum Gasteiger partial charge on any atom is -0.389 e. The zero-order valence-electron chi connectivity index (χ0n) is 70.1. The van der Waals surface area contributed by atoms with Crippen molar-refractivity contribution in [2.24, 2.45) is 0 Å². The second kappa shape index (κ2) is 46.6. The molecule has 1 aliphatic heterocycles. The van der Waals surface area contributed by atoms with Gasteiger partial charge in [-0.2, -0.15) is 0 Å². The summed E-state index contributed by atoms with van der Waals surface area (Å²) in [5, 5.41) is 45.4. The monoisotopic (exact) mass is 2170 g/mol. The van der Waals surface area contributed by atoms with Crippen molar-refractivity contribution in [3.8, 4) is 67.5 Å². The maximum absolute atomic E-state index is 12.3. The molecular formula is C106H78Br4Cl9N7O6. The van der Waals surface area contributed by atoms with Gasteiger partial charge in [0.2, 0.25) is 0 Å². The fourth-order valence-electron chi connectivity index (χ4n) is 15.2. The van der Waals surface area contributed by atoms with E-state index in [2.05, 4.69) is 89.0 Å². The molecule has 0 aliphatic carbocycles. The Labute approximate surface area is 841 Å². The summed E-state index contributed by atoms with van der Waals surface area (Å²) >= 11 is 67.9. The Hall–Kier alpha value is -9.52. The Morgan fingerprint density at radius 1 is 0.326 bits per heavy atom. The van der Waals surface area contributed by atoms with Gasteiger partial charge in [-0.15, -0.1) is 0 Å². The third-order valence-electron chi connectivity index (χ3n) is 21.7. The summed E-state index contributed by atoms with van der Waals surface area (Å²) in [5.74, 6) is -0.0891. The van der Waals surface area contributed by atoms with Crippen molar-refractivity contribution in [3.63, 3.8) is 0 Å². The summed E-state index contributed by atoms with van der Waals surface area (Å²) in [4.78, 5) is 64.8. The van der Waals surface area contributed by atoms with Crippen LogP contribution in [0, 0.1) is 0 Å². The number of ketones is 3. The molecule has 132 heavy (non-hydrogen) atoms. The number of fused-ring (bicyclic) bond motifs is 6. The maximum atomic E-state index is 12.3. The molecule has 0 saturated carbocycles. The van der Waals surface area contributed by atoms with Crippen LogP contribution in [0.1, 0.15) is 92.3 Å². The van der Waals surface area contributed by atoms with E-state index in [0.717, 1.165) is 142 Å². The lowest BCUT2D eigenvalue weighted by Crippen LogP contribution is -2.38. The number of halogens is 13. The van der Waals surface area contributed by atoms with E-state index in [9.17, 15) is 29.7 Å². The van der Waals surface area contributed by atoms with E-state index in [1.165, 1.54) is 0 Å². The number of hydrogen-bond donors (Lipinski definition) is 4. The summed E-state index contributed by atoms with van der Waals surface area (Å²) in [6.07, 6.45) is 1.65. The molecule has 18 aromatic rings. The number of nitrogens with zero attached hydrogens (tertiary/aromatic N) is 6. The lowest BCUT2D eigenvalue weighted by atomic mass is 9.92. The second-order valence-corrected chi connectivity index (χ2v) is 36.6. The molecule has 4 atom stereocenters. The number of rotatable bonds is 17. The Morgan fingerprint density at radius 3 is 1.06 bits per heavy atom. The highest BCUT2D eigenvalue weighted by atomic mass is 79.9. The van der Waals surface area contributed by atoms with Gasteiger partial charge in [-0.25, -0.2) is 29.9 Å². The molecular weight excluding hydrogens is 2110 g/mol. The standard InChI is InChI=1S/C21H20Cl2N2O.C17H8BrCl4NO.C17H10BrCl2NO.C17H11BrClNO.C17H14BrNO.C17H15NO/c22-16-9-8-13(11-17(16)23)20-12-15(14-5-1-2-6-18(14)25-20)21(26)19-7-3-4-10-24-19;18-7-16(24)10-6-15(8-1-2-12(20)13(21)3-8)23-17-11(10)4-9(19)5-14(17)22;18-9-16(22)12-8-15(10-4-2-1-3-5-10)21-17-13(12)6-11(19)7-14(17)20;18-10-17(21)14-9-16(11-5-7-12(19)8-6-11)20-15-4-2-1-3-13(14)15;18-11-17(20)14-10-16(12-6-2-1-3-7-12)19-15-9-5-4-8-13(14)15;1-12(19)15-11-17(13-7-3-2-4-8-13)18-16-10-6-5-9-14(15)16/h1-2,5-6,8-9,11-12,19,21,24,26H,3-4,7,10H2;1-6H,7H2;1-8H,9H2;1-9H,10H2;1-10,17,20H,11H2;2-12,19H,1H3. The molecule has 19 rings (SSSR count). The van der Waals surface area contributed by atoms with Crippen molar-refractivity contribution in [2.75, 3.05) is 27.9 Å². The first-order valence-electron chi connectivity index (χ1n) is 41.5. The first-order valence-corrected chi connectivity index (χ1v) is 49.4. The van der Waals surface area contributed by atoms with Crippen molar-refractivity contribution in [3.05, 3.63) is 388 Å². The number of aliphatic hydroxyl groups excluding tert-OH is 3. The van der Waals surface area contributed by atoms with Crippen LogP contribution in [0.4, 0.5) is 0 Å². The molecule has 4 N–H and O–H groups in total. The Kier molecular flexibility index (Phi) is 34.8. The highest BCUT2D eigenvalue weighted by Crippen LogP contribution is 2.40. The molecule has 0 radical (unpaired) electrons. The van der Waals surface area contributed by atoms with Crippen LogP contribution in [0.25, 0.3) is 133 Å². The Balaban J connectivity index is 0.000000128. The van der Waals surface area contributed by atoms with Gasteiger partial charge in [0.25, 0.3) is 0 Å². The lowest BCUT2D eigenvalue weighted by Gasteiger charge is -2.29. The molecule has 0 amide bonds. The highest BCUT2D eigenvalue weighted by molar-refractivity contribution is 9.10. The van der Waals surface area contributed by atoms with Gasteiger partial charge in [0, 0.05) is 109 Å². The molecule has 0 bridgehead atoms. The number of para-hydroxylation sites is 4. The molecule has 664 valence electrons. The molecule has 26 heteroatoms. The van der Waals surface area contributed by atoms with Crippen LogP contribution in [-0.4, -0.2) is 96.5 Å². The number of nitrogens with one attached hydrogen (secondary N) is 1. The zero-order chi connectivity index (χ0) is 93.2. The molecule has 1 aliphatic rings. The highest BCUT2D eigenvalue weighted by Gasteiger charge is 2.27. The molecule has 6 aromatic heterocycles. The van der Waals surface area contributed by atoms with Crippen molar-refractivity contribution in [1.29, 1.82) is 0 Å². The predicted molar refractivity (Wildman–Crippen MR) is 563 cm³/mol. The SMILES string of the molecule is CC(O)c1cc(-c2ccccc2)nc2ccccc12.O=C(CBr)c1cc(-c2ccc(Cl)c(Cl)c2)nc2c(Cl)cc(Cl)cc12.O=C(CBr)c1cc(-c2ccc(Cl)cc2)nc2ccccc12.O=C(CBr)c1cc(-c2ccccc2)nc2c(Cl)cc(Cl)cc12.OC(CBr)c1cc(-c2ccccc2)nc2ccccc12.OC(c1cc(-c2ccc(Cl)c(Cl)c2)nc2ccccc12)C1CCCCN1. The molecule has 0 spiro atoms. The number of Topliss-reactive ketones (excluding diaryl/α,β-unsaturated/α-hetero) is 3. The quantitative estimate of drug-likeness (QED) is 0.0496. The van der Waals surface area contributed by atoms with Crippen LogP contribution in [0.2, 0.25) is 45.2 Å². The largest absolute Gasteiger partial charge is 0.389 e. The molecule has 7 heterocycles. The second-order valence-electron chi connectivity index (χ2n) is 30.5. The van der Waals surface area contributed by atoms with Crippen molar-refractivity contribution >= 4 is 251 Å². The van der Waals surface area contributed by atoms with Crippen LogP contribution in [0.5, 0.6) is 0 Å². The number of aromatic nitrogens is 6. The number of aliphatic hydroxyl groups is 3. The lowest BCUT2D eigenvalue weighted by molar-refractivity contribution is 0.101. The number of carbonyl (C=O) groups excluding carboxylic acids is 3. The minimum absolute atomic E-state index is 0.0390. The van der Waals surface area contributed by atoms with Crippen LogP contribution in [0.3, 0.4) is 0 Å². The van der Waals surface area contributed by atoms with Gasteiger partial charge in [-0.3, -0.25) is 14.4 Å². The number of alkyl halides is 4. The van der Waals surface area contributed by atoms with Crippen molar-refractivity contribution in [2.45, 2.75) is 50.5 Å². The van der Waals surface area contributed by atoms with E-state index in [0.29, 0.717) is 106 Å². The van der Waals surface area contributed by atoms with Gasteiger partial charge < -0.3 is 20.6 Å². The van der Waals surface area contributed by atoms with Gasteiger partial charge in [0.15, 0.2) is 17.3 Å². The average Bonchev–Trinajstić information content (AvgIpc) is 0.769. The zero-order valence-corrected chi connectivity index (χ0v) is 83.2. The van der Waals surface area contributed by atoms with Crippen molar-refractivity contribution < 1.29 is 29.7 Å². The third kappa shape index (κ3) is 24.2. The smallest absolute Gasteiger partial charge is 0.174 e. The summed E-state index contributed by atoms with van der Waals surface area (Å²) < 4.78 is 0.